The molecule has 98 valence electrons. The maximum Gasteiger partial charge on any atom is 0.123 e. The van der Waals surface area contributed by atoms with Gasteiger partial charge in [0, 0.05) is 10.9 Å². The van der Waals surface area contributed by atoms with Gasteiger partial charge in [-0.2, -0.15) is 0 Å². The van der Waals surface area contributed by atoms with Gasteiger partial charge in [0.1, 0.15) is 5.82 Å². The Morgan fingerprint density at radius 2 is 1.94 bits per heavy atom. The molecule has 0 spiro atoms. The second-order valence-electron chi connectivity index (χ2n) is 3.96. The van der Waals surface area contributed by atoms with E-state index in [0.717, 1.165) is 18.5 Å². The molecule has 0 aliphatic heterocycles. The molecule has 0 aliphatic rings. The number of halogens is 2. The predicted octanol–water partition coefficient (Wildman–Crippen LogP) is 4.20. The van der Waals surface area contributed by atoms with Crippen molar-refractivity contribution in [3.05, 3.63) is 58.0 Å². The Labute approximate surface area is 117 Å². The number of benzene rings is 1. The van der Waals surface area contributed by atoms with Crippen LogP contribution in [0.15, 0.2) is 41.8 Å². The van der Waals surface area contributed by atoms with Crippen molar-refractivity contribution in [1.29, 1.82) is 0 Å². The Kier molecular flexibility index (Phi) is 6.33. The molecule has 1 atom stereocenters. The van der Waals surface area contributed by atoms with Crippen molar-refractivity contribution in [3.63, 3.8) is 0 Å². The molecular weight excluding hydrogens is 269 g/mol. The summed E-state index contributed by atoms with van der Waals surface area (Å²) in [6.45, 7) is 3.04. The van der Waals surface area contributed by atoms with Crippen LogP contribution < -0.4 is 5.32 Å². The van der Waals surface area contributed by atoms with E-state index in [1.807, 2.05) is 12.1 Å². The summed E-state index contributed by atoms with van der Waals surface area (Å²) in [7, 11) is 0. The first kappa shape index (κ1) is 15.2. The molecule has 1 unspecified atom stereocenters. The van der Waals surface area contributed by atoms with Gasteiger partial charge in [-0.3, -0.25) is 0 Å². The van der Waals surface area contributed by atoms with Gasteiger partial charge in [0.25, 0.3) is 0 Å². The summed E-state index contributed by atoms with van der Waals surface area (Å²) in [5.74, 6) is -0.176. The number of thiophene rings is 1. The fraction of sp³-hybridized carbons (Fsp3) is 0.286. The molecule has 18 heavy (non-hydrogen) atoms. The van der Waals surface area contributed by atoms with Crippen LogP contribution in [-0.4, -0.2) is 6.54 Å². The quantitative estimate of drug-likeness (QED) is 0.868. The van der Waals surface area contributed by atoms with E-state index < -0.39 is 0 Å². The number of hydrogen-bond acceptors (Lipinski definition) is 2. The maximum absolute atomic E-state index is 12.8. The molecule has 0 fully saturated rings. The largest absolute Gasteiger partial charge is 0.309 e. The summed E-state index contributed by atoms with van der Waals surface area (Å²) in [5.41, 5.74) is 1.16. The molecule has 1 aromatic heterocycles. The third-order valence-corrected chi connectivity index (χ3v) is 3.68. The van der Waals surface area contributed by atoms with Gasteiger partial charge in [-0.05, 0) is 42.1 Å². The number of likely N-dealkylation sites (N-methyl/N-ethyl adjacent to an activating group) is 1. The molecular formula is C14H17ClFNS. The van der Waals surface area contributed by atoms with Gasteiger partial charge in [0.15, 0.2) is 0 Å². The fourth-order valence-electron chi connectivity index (χ4n) is 1.87. The molecule has 0 amide bonds. The van der Waals surface area contributed by atoms with Crippen molar-refractivity contribution in [2.45, 2.75) is 19.4 Å². The lowest BCUT2D eigenvalue weighted by atomic mass is 10.0. The zero-order valence-electron chi connectivity index (χ0n) is 10.2. The minimum atomic E-state index is -0.176. The van der Waals surface area contributed by atoms with E-state index in [0.29, 0.717) is 6.04 Å². The smallest absolute Gasteiger partial charge is 0.123 e. The van der Waals surface area contributed by atoms with Crippen LogP contribution in [0, 0.1) is 5.82 Å². The fourth-order valence-corrected chi connectivity index (χ4v) is 2.67. The van der Waals surface area contributed by atoms with Gasteiger partial charge >= 0.3 is 0 Å². The lowest BCUT2D eigenvalue weighted by Crippen LogP contribution is -2.22. The van der Waals surface area contributed by atoms with Crippen molar-refractivity contribution < 1.29 is 4.39 Å². The second-order valence-corrected chi connectivity index (χ2v) is 4.94. The molecule has 0 radical (unpaired) electrons. The Morgan fingerprint density at radius 1 is 1.22 bits per heavy atom. The van der Waals surface area contributed by atoms with Gasteiger partial charge < -0.3 is 5.32 Å². The number of rotatable bonds is 5. The molecule has 1 N–H and O–H groups in total. The summed E-state index contributed by atoms with van der Waals surface area (Å²) in [4.78, 5) is 1.33. The molecule has 0 saturated heterocycles. The number of hydrogen-bond donors (Lipinski definition) is 1. The molecule has 0 aliphatic carbocycles. The lowest BCUT2D eigenvalue weighted by molar-refractivity contribution is 0.557. The van der Waals surface area contributed by atoms with Crippen molar-refractivity contribution in [1.82, 2.24) is 5.32 Å². The maximum atomic E-state index is 12.8. The Balaban J connectivity index is 0.00000162. The van der Waals surface area contributed by atoms with Crippen LogP contribution in [-0.2, 0) is 6.42 Å². The molecule has 1 aromatic carbocycles. The van der Waals surface area contributed by atoms with Crippen molar-refractivity contribution in [2.24, 2.45) is 0 Å². The first-order chi connectivity index (χ1) is 8.29. The highest BCUT2D eigenvalue weighted by atomic mass is 35.5. The van der Waals surface area contributed by atoms with Gasteiger partial charge in [-0.25, -0.2) is 4.39 Å². The van der Waals surface area contributed by atoms with Crippen LogP contribution in [0.5, 0.6) is 0 Å². The van der Waals surface area contributed by atoms with Crippen LogP contribution >= 0.6 is 23.7 Å². The van der Waals surface area contributed by atoms with E-state index in [1.165, 1.54) is 17.0 Å². The van der Waals surface area contributed by atoms with Gasteiger partial charge in [0.05, 0.1) is 0 Å². The van der Waals surface area contributed by atoms with E-state index >= 15 is 0 Å². The minimum Gasteiger partial charge on any atom is -0.309 e. The topological polar surface area (TPSA) is 12.0 Å². The van der Waals surface area contributed by atoms with E-state index in [2.05, 4.69) is 29.8 Å². The minimum absolute atomic E-state index is 0. The van der Waals surface area contributed by atoms with Crippen LogP contribution in [0.4, 0.5) is 4.39 Å². The third-order valence-electron chi connectivity index (χ3n) is 2.69. The zero-order chi connectivity index (χ0) is 12.1. The SMILES string of the molecule is CCNC(Cc1ccc(F)cc1)c1cccs1.Cl. The molecule has 1 nitrogen and oxygen atoms in total. The molecule has 1 heterocycles. The number of nitrogens with one attached hydrogen (secondary N) is 1. The molecule has 2 aromatic rings. The standard InChI is InChI=1S/C14H16FNS.ClH/c1-2-16-13(14-4-3-9-17-14)10-11-5-7-12(15)8-6-11;/h3-9,13,16H,2,10H2,1H3;1H. The molecule has 4 heteroatoms. The Morgan fingerprint density at radius 3 is 2.50 bits per heavy atom. The van der Waals surface area contributed by atoms with Gasteiger partial charge in [-0.1, -0.05) is 25.1 Å². The summed E-state index contributed by atoms with van der Waals surface area (Å²) >= 11 is 1.76. The molecule has 0 saturated carbocycles. The van der Waals surface area contributed by atoms with Crippen LogP contribution in [0.2, 0.25) is 0 Å². The Bertz CT molecular complexity index is 441. The van der Waals surface area contributed by atoms with Gasteiger partial charge in [0.2, 0.25) is 0 Å². The van der Waals surface area contributed by atoms with E-state index in [1.54, 1.807) is 11.3 Å². The Hall–Kier alpha value is -0.900. The lowest BCUT2D eigenvalue weighted by Gasteiger charge is -2.16. The van der Waals surface area contributed by atoms with E-state index in [4.69, 9.17) is 0 Å². The third kappa shape index (κ3) is 4.09. The van der Waals surface area contributed by atoms with E-state index in [9.17, 15) is 4.39 Å². The summed E-state index contributed by atoms with van der Waals surface area (Å²) in [6.07, 6.45) is 0.897. The highest BCUT2D eigenvalue weighted by Gasteiger charge is 2.11. The van der Waals surface area contributed by atoms with Crippen LogP contribution in [0.25, 0.3) is 0 Å². The summed E-state index contributed by atoms with van der Waals surface area (Å²) < 4.78 is 12.8. The molecule has 2 rings (SSSR count). The average molecular weight is 286 g/mol. The van der Waals surface area contributed by atoms with Crippen LogP contribution in [0.3, 0.4) is 0 Å². The zero-order valence-corrected chi connectivity index (χ0v) is 11.9. The normalized spacial score (nSPS) is 11.9. The highest BCUT2D eigenvalue weighted by molar-refractivity contribution is 7.10. The summed E-state index contributed by atoms with van der Waals surface area (Å²) in [6, 6.07) is 11.3. The van der Waals surface area contributed by atoms with Crippen LogP contribution in [0.1, 0.15) is 23.4 Å². The average Bonchev–Trinajstić information content (AvgIpc) is 2.85. The van der Waals surface area contributed by atoms with Crippen molar-refractivity contribution in [2.75, 3.05) is 6.54 Å². The van der Waals surface area contributed by atoms with E-state index in [-0.39, 0.29) is 18.2 Å². The predicted molar refractivity (Wildman–Crippen MR) is 78.1 cm³/mol. The first-order valence-corrected chi connectivity index (χ1v) is 6.68. The van der Waals surface area contributed by atoms with Crippen molar-refractivity contribution in [3.8, 4) is 0 Å². The summed E-state index contributed by atoms with van der Waals surface area (Å²) in [5, 5.41) is 5.55. The highest BCUT2D eigenvalue weighted by Crippen LogP contribution is 2.22. The first-order valence-electron chi connectivity index (χ1n) is 5.81. The van der Waals surface area contributed by atoms with Crippen molar-refractivity contribution >= 4 is 23.7 Å². The molecule has 0 bridgehead atoms. The monoisotopic (exact) mass is 285 g/mol. The van der Waals surface area contributed by atoms with Gasteiger partial charge in [-0.15, -0.1) is 23.7 Å². The second kappa shape index (κ2) is 7.52.